The Labute approximate surface area is 165 Å². The van der Waals surface area contributed by atoms with Crippen LogP contribution in [0.15, 0.2) is 17.5 Å². The molecule has 1 unspecified atom stereocenters. The number of hydrogen-bond donors (Lipinski definition) is 1. The van der Waals surface area contributed by atoms with Crippen LogP contribution in [0.2, 0.25) is 0 Å². The Morgan fingerprint density at radius 3 is 2.70 bits per heavy atom. The number of thiophene rings is 2. The van der Waals surface area contributed by atoms with Gasteiger partial charge in [0.15, 0.2) is 6.10 Å². The third kappa shape index (κ3) is 4.39. The summed E-state index contributed by atoms with van der Waals surface area (Å²) in [5.74, 6) is -1.43. The average molecular weight is 408 g/mol. The van der Waals surface area contributed by atoms with Crippen molar-refractivity contribution in [1.82, 2.24) is 0 Å². The first-order chi connectivity index (χ1) is 13.0. The lowest BCUT2D eigenvalue weighted by Crippen LogP contribution is -2.30. The van der Waals surface area contributed by atoms with Gasteiger partial charge >= 0.3 is 11.9 Å². The molecule has 0 radical (unpaired) electrons. The molecule has 3 rings (SSSR count). The van der Waals surface area contributed by atoms with Crippen LogP contribution in [0.25, 0.3) is 0 Å². The van der Waals surface area contributed by atoms with Crippen LogP contribution in [0, 0.1) is 0 Å². The molecule has 2 aromatic rings. The zero-order chi connectivity index (χ0) is 19.4. The first-order valence-electron chi connectivity index (χ1n) is 8.88. The number of fused-ring (bicyclic) bond motifs is 1. The molecule has 2 heterocycles. The Hall–Kier alpha value is -2.19. The van der Waals surface area contributed by atoms with E-state index in [0.29, 0.717) is 15.4 Å². The van der Waals surface area contributed by atoms with Crippen molar-refractivity contribution >= 4 is 45.5 Å². The van der Waals surface area contributed by atoms with Crippen molar-refractivity contribution in [3.8, 4) is 0 Å². The first kappa shape index (κ1) is 19.6. The third-order valence-corrected chi connectivity index (χ3v) is 6.32. The number of esters is 2. The highest BCUT2D eigenvalue weighted by Crippen LogP contribution is 2.38. The van der Waals surface area contributed by atoms with Crippen LogP contribution >= 0.6 is 22.7 Å². The van der Waals surface area contributed by atoms with Gasteiger partial charge in [0.1, 0.15) is 9.88 Å². The number of carbonyl (C=O) groups excluding carboxylic acids is 3. The quantitative estimate of drug-likeness (QED) is 0.731. The molecular weight excluding hydrogens is 386 g/mol. The summed E-state index contributed by atoms with van der Waals surface area (Å²) in [4.78, 5) is 38.5. The predicted octanol–water partition coefficient (Wildman–Crippen LogP) is 4.05. The van der Waals surface area contributed by atoms with E-state index in [1.165, 1.54) is 29.6 Å². The highest BCUT2D eigenvalue weighted by atomic mass is 32.1. The molecule has 27 heavy (non-hydrogen) atoms. The van der Waals surface area contributed by atoms with Gasteiger partial charge in [-0.05, 0) is 56.5 Å². The molecule has 8 heteroatoms. The van der Waals surface area contributed by atoms with Crippen molar-refractivity contribution in [2.75, 3.05) is 11.9 Å². The first-order valence-corrected chi connectivity index (χ1v) is 10.6. The number of ether oxygens (including phenoxy) is 2. The molecule has 0 bridgehead atoms. The molecule has 0 spiro atoms. The number of hydrogen-bond acceptors (Lipinski definition) is 7. The van der Waals surface area contributed by atoms with Gasteiger partial charge in [-0.1, -0.05) is 6.07 Å². The van der Waals surface area contributed by atoms with E-state index in [1.54, 1.807) is 24.4 Å². The molecule has 0 aromatic carbocycles. The van der Waals surface area contributed by atoms with Crippen LogP contribution in [0.4, 0.5) is 5.00 Å². The van der Waals surface area contributed by atoms with Gasteiger partial charge in [-0.2, -0.15) is 0 Å². The summed E-state index contributed by atoms with van der Waals surface area (Å²) < 4.78 is 10.4. The molecular formula is C19H21NO5S2. The fourth-order valence-electron chi connectivity index (χ4n) is 2.95. The molecule has 1 atom stereocenters. The number of anilines is 1. The minimum Gasteiger partial charge on any atom is -0.462 e. The van der Waals surface area contributed by atoms with Gasteiger partial charge < -0.3 is 14.8 Å². The summed E-state index contributed by atoms with van der Waals surface area (Å²) in [7, 11) is 0. The highest BCUT2D eigenvalue weighted by Gasteiger charge is 2.29. The second-order valence-electron chi connectivity index (χ2n) is 6.15. The summed E-state index contributed by atoms with van der Waals surface area (Å²) in [5.41, 5.74) is 1.42. The predicted molar refractivity (Wildman–Crippen MR) is 105 cm³/mol. The van der Waals surface area contributed by atoms with Gasteiger partial charge in [0, 0.05) is 4.88 Å². The van der Waals surface area contributed by atoms with E-state index in [4.69, 9.17) is 9.47 Å². The topological polar surface area (TPSA) is 81.7 Å². The second kappa shape index (κ2) is 8.67. The van der Waals surface area contributed by atoms with Crippen LogP contribution in [0.5, 0.6) is 0 Å². The zero-order valence-corrected chi connectivity index (χ0v) is 16.8. The van der Waals surface area contributed by atoms with Crippen molar-refractivity contribution in [3.05, 3.63) is 38.4 Å². The summed E-state index contributed by atoms with van der Waals surface area (Å²) in [6.07, 6.45) is 2.80. The number of aryl methyl sites for hydroxylation is 1. The molecule has 1 aliphatic rings. The van der Waals surface area contributed by atoms with Gasteiger partial charge in [0.05, 0.1) is 12.2 Å². The number of nitrogens with one attached hydrogen (secondary N) is 1. The average Bonchev–Trinajstić information content (AvgIpc) is 3.29. The monoisotopic (exact) mass is 407 g/mol. The molecule has 6 nitrogen and oxygen atoms in total. The van der Waals surface area contributed by atoms with Gasteiger partial charge in [-0.15, -0.1) is 22.7 Å². The van der Waals surface area contributed by atoms with Crippen LogP contribution in [-0.2, 0) is 27.1 Å². The van der Waals surface area contributed by atoms with Gasteiger partial charge in [0.25, 0.3) is 5.91 Å². The SMILES string of the molecule is CCOC(=O)c1c(NC(=O)C(C)OC(=O)c2cccs2)sc2c1CCCC2. The standard InChI is InChI=1S/C19H21NO5S2/c1-3-24-19(23)15-12-7-4-5-8-13(12)27-17(15)20-16(21)11(2)25-18(22)14-9-6-10-26-14/h6,9-11H,3-5,7-8H2,1-2H3,(H,20,21). The highest BCUT2D eigenvalue weighted by molar-refractivity contribution is 7.17. The van der Waals surface area contributed by atoms with E-state index < -0.39 is 23.9 Å². The van der Waals surface area contributed by atoms with Crippen molar-refractivity contribution in [2.45, 2.75) is 45.6 Å². The summed E-state index contributed by atoms with van der Waals surface area (Å²) in [5, 5.41) is 5.01. The summed E-state index contributed by atoms with van der Waals surface area (Å²) in [6, 6.07) is 3.39. The van der Waals surface area contributed by atoms with E-state index in [9.17, 15) is 14.4 Å². The van der Waals surface area contributed by atoms with Gasteiger partial charge in [-0.25, -0.2) is 9.59 Å². The van der Waals surface area contributed by atoms with Gasteiger partial charge in [0.2, 0.25) is 0 Å². The Bertz CT molecular complexity index is 841. The van der Waals surface area contributed by atoms with Crippen LogP contribution in [0.1, 0.15) is 57.2 Å². The maximum atomic E-state index is 12.5. The second-order valence-corrected chi connectivity index (χ2v) is 8.20. The summed E-state index contributed by atoms with van der Waals surface area (Å²) in [6.45, 7) is 3.53. The van der Waals surface area contributed by atoms with E-state index in [1.807, 2.05) is 0 Å². The fourth-order valence-corrected chi connectivity index (χ4v) is 4.84. The van der Waals surface area contributed by atoms with Crippen LogP contribution < -0.4 is 5.32 Å². The zero-order valence-electron chi connectivity index (χ0n) is 15.2. The third-order valence-electron chi connectivity index (χ3n) is 4.26. The number of carbonyl (C=O) groups is 3. The lowest BCUT2D eigenvalue weighted by molar-refractivity contribution is -0.123. The van der Waals surface area contributed by atoms with Crippen molar-refractivity contribution < 1.29 is 23.9 Å². The lowest BCUT2D eigenvalue weighted by Gasteiger charge is -2.14. The van der Waals surface area contributed by atoms with E-state index in [0.717, 1.165) is 36.1 Å². The molecule has 144 valence electrons. The maximum Gasteiger partial charge on any atom is 0.349 e. The smallest absolute Gasteiger partial charge is 0.349 e. The van der Waals surface area contributed by atoms with Crippen LogP contribution in [0.3, 0.4) is 0 Å². The Kier molecular flexibility index (Phi) is 6.28. The van der Waals surface area contributed by atoms with E-state index in [-0.39, 0.29) is 6.61 Å². The number of amides is 1. The minimum atomic E-state index is -0.978. The fraction of sp³-hybridized carbons (Fsp3) is 0.421. The number of rotatable bonds is 6. The van der Waals surface area contributed by atoms with Gasteiger partial charge in [-0.3, -0.25) is 4.79 Å². The van der Waals surface area contributed by atoms with E-state index >= 15 is 0 Å². The molecule has 0 saturated carbocycles. The minimum absolute atomic E-state index is 0.270. The van der Waals surface area contributed by atoms with Crippen molar-refractivity contribution in [2.24, 2.45) is 0 Å². The lowest BCUT2D eigenvalue weighted by atomic mass is 9.95. The molecule has 1 amide bonds. The molecule has 2 aromatic heterocycles. The molecule has 0 saturated heterocycles. The summed E-state index contributed by atoms with van der Waals surface area (Å²) >= 11 is 2.66. The maximum absolute atomic E-state index is 12.5. The Balaban J connectivity index is 1.75. The molecule has 0 fully saturated rings. The van der Waals surface area contributed by atoms with Crippen molar-refractivity contribution in [1.29, 1.82) is 0 Å². The Morgan fingerprint density at radius 2 is 2.00 bits per heavy atom. The normalized spacial score (nSPS) is 14.1. The van der Waals surface area contributed by atoms with Crippen molar-refractivity contribution in [3.63, 3.8) is 0 Å². The molecule has 1 aliphatic carbocycles. The largest absolute Gasteiger partial charge is 0.462 e. The van der Waals surface area contributed by atoms with E-state index in [2.05, 4.69) is 5.32 Å². The van der Waals surface area contributed by atoms with Crippen LogP contribution in [-0.4, -0.2) is 30.6 Å². The Morgan fingerprint density at radius 1 is 1.22 bits per heavy atom. The molecule has 0 aliphatic heterocycles. The molecule has 1 N–H and O–H groups in total.